The minimum atomic E-state index is 0.647. The van der Waals surface area contributed by atoms with Crippen LogP contribution in [0.3, 0.4) is 0 Å². The largest absolute Gasteiger partial charge is 0.169 e. The summed E-state index contributed by atoms with van der Waals surface area (Å²) in [6, 6.07) is 8.59. The Morgan fingerprint density at radius 3 is 1.65 bits per heavy atom. The van der Waals surface area contributed by atoms with Crippen molar-refractivity contribution in [2.45, 2.75) is 83.4 Å². The van der Waals surface area contributed by atoms with Crippen molar-refractivity contribution in [2.75, 3.05) is 12.5 Å². The number of hydrogen-bond acceptors (Lipinski definition) is 1. The highest BCUT2D eigenvalue weighted by Crippen LogP contribution is 2.16. The third kappa shape index (κ3) is 14.0. The van der Waals surface area contributed by atoms with Crippen LogP contribution in [-0.4, -0.2) is 12.5 Å². The van der Waals surface area contributed by atoms with Gasteiger partial charge in [-0.25, -0.2) is 0 Å². The number of unbranched alkanes of at least 4 members (excludes halogenated alkanes) is 9. The molecule has 0 unspecified atom stereocenters. The number of hydrogen-bond donors (Lipinski definition) is 0. The van der Waals surface area contributed by atoms with Crippen molar-refractivity contribution < 1.29 is 0 Å². The molecular weight excluding hydrogens is 320 g/mol. The molecule has 0 radical (unpaired) electrons. The van der Waals surface area contributed by atoms with Crippen molar-refractivity contribution in [1.82, 2.24) is 0 Å². The molecule has 0 fully saturated rings. The van der Waals surface area contributed by atoms with Gasteiger partial charge in [0.15, 0.2) is 0 Å². The average Bonchev–Trinajstić information content (AvgIpc) is 2.57. The highest BCUT2D eigenvalue weighted by Gasteiger charge is 2.00. The number of rotatable bonds is 12. The first-order chi connectivity index (χ1) is 11.3. The topological polar surface area (TPSA) is 0 Å². The Morgan fingerprint density at radius 2 is 1.17 bits per heavy atom. The smallest absolute Gasteiger partial charge is 0.0476 e. The summed E-state index contributed by atoms with van der Waals surface area (Å²) in [5, 5.41) is 0. The fraction of sp³-hybridized carbons (Fsp3) is 0.714. The number of benzene rings is 1. The van der Waals surface area contributed by atoms with Crippen molar-refractivity contribution in [2.24, 2.45) is 0 Å². The summed E-state index contributed by atoms with van der Waals surface area (Å²) in [6.45, 7) is 2.28. The number of thioether (sulfide) groups is 1. The van der Waals surface area contributed by atoms with Crippen molar-refractivity contribution in [3.63, 3.8) is 0 Å². The van der Waals surface area contributed by atoms with E-state index in [9.17, 15) is 0 Å². The lowest BCUT2D eigenvalue weighted by Gasteiger charge is -2.06. The lowest BCUT2D eigenvalue weighted by Crippen LogP contribution is -1.92. The summed E-state index contributed by atoms with van der Waals surface area (Å²) in [5.41, 5.74) is 2.76. The van der Waals surface area contributed by atoms with E-state index in [0.717, 1.165) is 0 Å². The Hall–Kier alpha value is -0.140. The minimum absolute atomic E-state index is 0.647. The summed E-state index contributed by atoms with van der Waals surface area (Å²) in [5.74, 6) is 0.647. The quantitative estimate of drug-likeness (QED) is 0.271. The predicted molar refractivity (Wildman–Crippen MR) is 111 cm³/mol. The third-order valence-electron chi connectivity index (χ3n) is 4.06. The Kier molecular flexibility index (Phi) is 18.1. The molecule has 0 aliphatic rings. The summed E-state index contributed by atoms with van der Waals surface area (Å²) < 4.78 is 0. The van der Waals surface area contributed by atoms with E-state index in [2.05, 4.69) is 31.2 Å². The van der Waals surface area contributed by atoms with Gasteiger partial charge >= 0.3 is 0 Å². The molecule has 0 aliphatic heterocycles. The maximum Gasteiger partial charge on any atom is 0.0476 e. The molecule has 2 heteroatoms. The Labute approximate surface area is 154 Å². The maximum atomic E-state index is 5.97. The molecule has 0 bridgehead atoms. The van der Waals surface area contributed by atoms with Gasteiger partial charge in [0.05, 0.1) is 0 Å². The fourth-order valence-electron chi connectivity index (χ4n) is 2.73. The Bertz CT molecular complexity index is 351. The average molecular weight is 357 g/mol. The van der Waals surface area contributed by atoms with Crippen LogP contribution >= 0.6 is 23.4 Å². The van der Waals surface area contributed by atoms with Gasteiger partial charge in [-0.1, -0.05) is 89.0 Å². The molecule has 0 saturated carbocycles. The van der Waals surface area contributed by atoms with Gasteiger partial charge < -0.3 is 0 Å². The van der Waals surface area contributed by atoms with Gasteiger partial charge in [0, 0.05) is 5.88 Å². The van der Waals surface area contributed by atoms with E-state index in [1.807, 2.05) is 12.5 Å². The molecule has 0 heterocycles. The van der Waals surface area contributed by atoms with E-state index in [4.69, 9.17) is 11.6 Å². The normalized spacial score (nSPS) is 10.3. The van der Waals surface area contributed by atoms with Crippen LogP contribution in [0.1, 0.15) is 82.3 Å². The summed E-state index contributed by atoms with van der Waals surface area (Å²) in [4.78, 5) is 0. The molecule has 0 aromatic heterocycles. The van der Waals surface area contributed by atoms with E-state index in [1.54, 1.807) is 11.8 Å². The van der Waals surface area contributed by atoms with Crippen LogP contribution in [-0.2, 0) is 12.3 Å². The van der Waals surface area contributed by atoms with Crippen molar-refractivity contribution in [1.29, 1.82) is 0 Å². The van der Waals surface area contributed by atoms with Crippen LogP contribution < -0.4 is 0 Å². The fourth-order valence-corrected chi connectivity index (χ4v) is 3.00. The molecular formula is C21H37ClS. The highest BCUT2D eigenvalue weighted by atomic mass is 35.5. The molecule has 134 valence electrons. The summed E-state index contributed by atoms with van der Waals surface area (Å²) >= 11 is 7.72. The SMILES string of the molecule is CCCCCCCCCCCCc1ccccc1CCl.CSC. The van der Waals surface area contributed by atoms with Crippen LogP contribution in [0.25, 0.3) is 0 Å². The van der Waals surface area contributed by atoms with Crippen LogP contribution in [0, 0.1) is 0 Å². The zero-order valence-electron chi connectivity index (χ0n) is 15.6. The first-order valence-corrected chi connectivity index (χ1v) is 11.5. The molecule has 1 aromatic rings. The molecule has 23 heavy (non-hydrogen) atoms. The van der Waals surface area contributed by atoms with Crippen molar-refractivity contribution >= 4 is 23.4 Å². The van der Waals surface area contributed by atoms with Gasteiger partial charge in [-0.05, 0) is 36.5 Å². The van der Waals surface area contributed by atoms with Crippen LogP contribution in [0.15, 0.2) is 24.3 Å². The lowest BCUT2D eigenvalue weighted by molar-refractivity contribution is 0.556. The second-order valence-corrected chi connectivity index (χ2v) is 7.33. The lowest BCUT2D eigenvalue weighted by atomic mass is 10.0. The number of alkyl halides is 1. The van der Waals surface area contributed by atoms with Gasteiger partial charge in [-0.2, -0.15) is 11.8 Å². The van der Waals surface area contributed by atoms with E-state index in [0.29, 0.717) is 5.88 Å². The Morgan fingerprint density at radius 1 is 0.739 bits per heavy atom. The number of aryl methyl sites for hydroxylation is 1. The van der Waals surface area contributed by atoms with Crippen LogP contribution in [0.4, 0.5) is 0 Å². The molecule has 0 amide bonds. The summed E-state index contributed by atoms with van der Waals surface area (Å²) in [6.07, 6.45) is 19.3. The predicted octanol–water partition coefficient (Wildman–Crippen LogP) is 7.87. The first-order valence-electron chi connectivity index (χ1n) is 9.33. The van der Waals surface area contributed by atoms with Crippen molar-refractivity contribution in [3.8, 4) is 0 Å². The molecule has 0 atom stereocenters. The Balaban J connectivity index is 0.00000149. The third-order valence-corrected chi connectivity index (χ3v) is 4.35. The number of halogens is 1. The molecule has 0 aliphatic carbocycles. The minimum Gasteiger partial charge on any atom is -0.169 e. The zero-order chi connectivity index (χ0) is 17.2. The molecule has 1 rings (SSSR count). The molecule has 0 nitrogen and oxygen atoms in total. The van der Waals surface area contributed by atoms with Gasteiger partial charge in [-0.15, -0.1) is 11.6 Å². The summed E-state index contributed by atoms with van der Waals surface area (Å²) in [7, 11) is 0. The molecule has 0 spiro atoms. The standard InChI is InChI=1S/C19H31Cl.C2H6S/c1-2-3-4-5-6-7-8-9-10-11-14-18-15-12-13-16-19(18)17-20;1-3-2/h12-13,15-16H,2-11,14,17H2,1H3;1-2H3. The maximum absolute atomic E-state index is 5.97. The molecule has 1 aromatic carbocycles. The second-order valence-electron chi connectivity index (χ2n) is 6.24. The van der Waals surface area contributed by atoms with Crippen molar-refractivity contribution in [3.05, 3.63) is 35.4 Å². The van der Waals surface area contributed by atoms with Gasteiger partial charge in [-0.3, -0.25) is 0 Å². The second kappa shape index (κ2) is 18.2. The van der Waals surface area contributed by atoms with Gasteiger partial charge in [0.25, 0.3) is 0 Å². The zero-order valence-corrected chi connectivity index (χ0v) is 17.2. The van der Waals surface area contributed by atoms with E-state index >= 15 is 0 Å². The van der Waals surface area contributed by atoms with Crippen LogP contribution in [0.5, 0.6) is 0 Å². The molecule has 0 saturated heterocycles. The van der Waals surface area contributed by atoms with Gasteiger partial charge in [0.1, 0.15) is 0 Å². The monoisotopic (exact) mass is 356 g/mol. The first kappa shape index (κ1) is 22.9. The van der Waals surface area contributed by atoms with E-state index < -0.39 is 0 Å². The van der Waals surface area contributed by atoms with E-state index in [-0.39, 0.29) is 0 Å². The van der Waals surface area contributed by atoms with Crippen LogP contribution in [0.2, 0.25) is 0 Å². The molecule has 0 N–H and O–H groups in total. The van der Waals surface area contributed by atoms with E-state index in [1.165, 1.54) is 81.8 Å². The van der Waals surface area contributed by atoms with Gasteiger partial charge in [0.2, 0.25) is 0 Å². The highest BCUT2D eigenvalue weighted by molar-refractivity contribution is 7.97.